The number of rotatable bonds is 6. The summed E-state index contributed by atoms with van der Waals surface area (Å²) in [5.41, 5.74) is 0.740. The van der Waals surface area contributed by atoms with Gasteiger partial charge in [-0.25, -0.2) is 0 Å². The van der Waals surface area contributed by atoms with E-state index in [2.05, 4.69) is 21.8 Å². The van der Waals surface area contributed by atoms with Crippen LogP contribution in [0.2, 0.25) is 0 Å². The lowest BCUT2D eigenvalue weighted by Crippen LogP contribution is -2.29. The Kier molecular flexibility index (Phi) is 5.92. The summed E-state index contributed by atoms with van der Waals surface area (Å²) in [6.45, 7) is 6.06. The first kappa shape index (κ1) is 19.1. The number of carbonyl (C=O) groups is 1. The highest BCUT2D eigenvalue weighted by molar-refractivity contribution is 8.18. The molecule has 9 heteroatoms. The minimum absolute atomic E-state index is 0.0450. The third-order valence-corrected chi connectivity index (χ3v) is 5.62. The van der Waals surface area contributed by atoms with Crippen LogP contribution >= 0.6 is 23.1 Å². The second kappa shape index (κ2) is 8.36. The highest BCUT2D eigenvalue weighted by Crippen LogP contribution is 2.36. The normalized spacial score (nSPS) is 17.1. The molecule has 0 unspecified atom stereocenters. The van der Waals surface area contributed by atoms with Crippen LogP contribution < -0.4 is 4.74 Å². The molecule has 1 aromatic carbocycles. The van der Waals surface area contributed by atoms with E-state index in [1.807, 2.05) is 6.92 Å². The Balaban J connectivity index is 1.93. The summed E-state index contributed by atoms with van der Waals surface area (Å²) in [7, 11) is 1.48. The van der Waals surface area contributed by atoms with Gasteiger partial charge in [0.05, 0.1) is 12.0 Å². The molecule has 140 valence electrons. The number of aromatic hydroxyl groups is 1. The molecule has 0 aliphatic carbocycles. The van der Waals surface area contributed by atoms with Crippen LogP contribution in [0.15, 0.2) is 40.8 Å². The smallest absolute Gasteiger partial charge is 0.267 e. The number of hydrogen-bond donors (Lipinski definition) is 1. The summed E-state index contributed by atoms with van der Waals surface area (Å²) in [6.07, 6.45) is 4.18. The molecule has 1 N–H and O–H groups in total. The van der Waals surface area contributed by atoms with Crippen LogP contribution in [0.5, 0.6) is 11.5 Å². The Labute approximate surface area is 165 Å². The molecule has 1 fully saturated rings. The van der Waals surface area contributed by atoms with Gasteiger partial charge in [-0.3, -0.25) is 9.69 Å². The predicted molar refractivity (Wildman–Crippen MR) is 109 cm³/mol. The third kappa shape index (κ3) is 4.20. The zero-order valence-electron chi connectivity index (χ0n) is 14.9. The number of amides is 1. The van der Waals surface area contributed by atoms with Crippen molar-refractivity contribution in [3.8, 4) is 11.5 Å². The number of phenols is 1. The molecule has 1 amide bonds. The zero-order valence-corrected chi connectivity index (χ0v) is 16.5. The summed E-state index contributed by atoms with van der Waals surface area (Å²) in [4.78, 5) is 19.3. The lowest BCUT2D eigenvalue weighted by Gasteiger charge is -2.11. The fourth-order valence-corrected chi connectivity index (χ4v) is 4.03. The Morgan fingerprint density at radius 1 is 1.41 bits per heavy atom. The SMILES string of the molecule is C=CCN1C(=O)/C(=C/c2ccc(O)c(OC)c2)S/C1=N/c1nnc(CC)s1. The van der Waals surface area contributed by atoms with E-state index in [0.29, 0.717) is 27.5 Å². The van der Waals surface area contributed by atoms with Gasteiger partial charge in [0.15, 0.2) is 16.7 Å². The minimum atomic E-state index is -0.161. The van der Waals surface area contributed by atoms with E-state index in [1.54, 1.807) is 29.2 Å². The number of aryl methyl sites for hydroxylation is 1. The van der Waals surface area contributed by atoms with E-state index < -0.39 is 0 Å². The van der Waals surface area contributed by atoms with Crippen molar-refractivity contribution in [1.29, 1.82) is 0 Å². The van der Waals surface area contributed by atoms with Crippen molar-refractivity contribution in [2.75, 3.05) is 13.7 Å². The summed E-state index contributed by atoms with van der Waals surface area (Å²) in [6, 6.07) is 4.91. The largest absolute Gasteiger partial charge is 0.504 e. The molecule has 2 aromatic rings. The quantitative estimate of drug-likeness (QED) is 0.587. The molecular weight excluding hydrogens is 384 g/mol. The van der Waals surface area contributed by atoms with Gasteiger partial charge in [-0.05, 0) is 42.0 Å². The van der Waals surface area contributed by atoms with Crippen LogP contribution in [0.25, 0.3) is 6.08 Å². The maximum absolute atomic E-state index is 12.8. The molecule has 1 aliphatic rings. The van der Waals surface area contributed by atoms with Gasteiger partial charge in [0.2, 0.25) is 5.13 Å². The molecule has 1 aliphatic heterocycles. The molecule has 0 atom stereocenters. The number of carbonyl (C=O) groups excluding carboxylic acids is 1. The number of aromatic nitrogens is 2. The first-order chi connectivity index (χ1) is 13.0. The summed E-state index contributed by atoms with van der Waals surface area (Å²) in [5, 5.41) is 19.8. The lowest BCUT2D eigenvalue weighted by molar-refractivity contribution is -0.121. The van der Waals surface area contributed by atoms with Crippen LogP contribution in [0.3, 0.4) is 0 Å². The van der Waals surface area contributed by atoms with Crippen LogP contribution in [-0.4, -0.2) is 44.9 Å². The number of aliphatic imine (C=N–C) groups is 1. The van der Waals surface area contributed by atoms with Gasteiger partial charge in [0.25, 0.3) is 5.91 Å². The molecule has 3 rings (SSSR count). The Bertz CT molecular complexity index is 936. The number of benzene rings is 1. The Morgan fingerprint density at radius 2 is 2.22 bits per heavy atom. The van der Waals surface area contributed by atoms with E-state index in [1.165, 1.54) is 36.3 Å². The average molecular weight is 403 g/mol. The van der Waals surface area contributed by atoms with E-state index in [9.17, 15) is 9.90 Å². The molecule has 0 radical (unpaired) electrons. The number of methoxy groups -OCH3 is 1. The average Bonchev–Trinajstić information content (AvgIpc) is 3.23. The van der Waals surface area contributed by atoms with Crippen molar-refractivity contribution >= 4 is 45.4 Å². The fraction of sp³-hybridized carbons (Fsp3) is 0.222. The number of nitrogens with zero attached hydrogens (tertiary/aromatic N) is 4. The topological polar surface area (TPSA) is 87.9 Å². The molecule has 1 saturated heterocycles. The highest BCUT2D eigenvalue weighted by atomic mass is 32.2. The van der Waals surface area contributed by atoms with Crippen LogP contribution in [0.4, 0.5) is 5.13 Å². The number of phenolic OH excluding ortho intramolecular Hbond substituents is 1. The van der Waals surface area contributed by atoms with E-state index >= 15 is 0 Å². The van der Waals surface area contributed by atoms with Crippen molar-refractivity contribution in [3.05, 3.63) is 46.3 Å². The first-order valence-corrected chi connectivity index (χ1v) is 9.79. The van der Waals surface area contributed by atoms with Gasteiger partial charge in [0, 0.05) is 6.54 Å². The molecular formula is C18H18N4O3S2. The van der Waals surface area contributed by atoms with Crippen LogP contribution in [0, 0.1) is 0 Å². The van der Waals surface area contributed by atoms with Crippen molar-refractivity contribution in [2.45, 2.75) is 13.3 Å². The van der Waals surface area contributed by atoms with Gasteiger partial charge >= 0.3 is 0 Å². The first-order valence-electron chi connectivity index (χ1n) is 8.16. The maximum Gasteiger partial charge on any atom is 0.267 e. The van der Waals surface area contributed by atoms with Crippen molar-refractivity contribution in [1.82, 2.24) is 15.1 Å². The summed E-state index contributed by atoms with van der Waals surface area (Å²) >= 11 is 2.67. The van der Waals surface area contributed by atoms with Crippen LogP contribution in [-0.2, 0) is 11.2 Å². The summed E-state index contributed by atoms with van der Waals surface area (Å²) < 4.78 is 5.12. The molecule has 2 heterocycles. The van der Waals surface area contributed by atoms with Gasteiger partial charge in [-0.15, -0.1) is 16.8 Å². The number of hydrogen-bond acceptors (Lipinski definition) is 8. The third-order valence-electron chi connectivity index (χ3n) is 3.65. The van der Waals surface area contributed by atoms with Crippen LogP contribution in [0.1, 0.15) is 17.5 Å². The number of thioether (sulfide) groups is 1. The standard InChI is InChI=1S/C18H18N4O3S2/c1-4-8-22-16(24)14(10-11-6-7-12(23)13(9-11)25-3)26-18(22)19-17-21-20-15(5-2)27-17/h4,6-7,9-10,23H,1,5,8H2,2-3H3/b14-10-,19-18+. The lowest BCUT2D eigenvalue weighted by atomic mass is 10.2. The zero-order chi connectivity index (χ0) is 19.4. The second-order valence-electron chi connectivity index (χ2n) is 5.47. The molecule has 0 saturated carbocycles. The predicted octanol–water partition coefficient (Wildman–Crippen LogP) is 3.60. The second-order valence-corrected chi connectivity index (χ2v) is 7.52. The highest BCUT2D eigenvalue weighted by Gasteiger charge is 2.33. The van der Waals surface area contributed by atoms with E-state index in [-0.39, 0.29) is 11.7 Å². The maximum atomic E-state index is 12.8. The molecule has 0 bridgehead atoms. The monoisotopic (exact) mass is 402 g/mol. The van der Waals surface area contributed by atoms with Crippen molar-refractivity contribution in [2.24, 2.45) is 4.99 Å². The van der Waals surface area contributed by atoms with Gasteiger partial charge in [-0.1, -0.05) is 30.4 Å². The molecule has 27 heavy (non-hydrogen) atoms. The van der Waals surface area contributed by atoms with Gasteiger partial charge in [-0.2, -0.15) is 4.99 Å². The fourth-order valence-electron chi connectivity index (χ4n) is 2.33. The Hall–Kier alpha value is -2.65. The number of ether oxygens (including phenoxy) is 1. The van der Waals surface area contributed by atoms with Gasteiger partial charge in [0.1, 0.15) is 5.01 Å². The van der Waals surface area contributed by atoms with E-state index in [4.69, 9.17) is 4.74 Å². The van der Waals surface area contributed by atoms with Crippen molar-refractivity contribution < 1.29 is 14.6 Å². The summed E-state index contributed by atoms with van der Waals surface area (Å²) in [5.74, 6) is 0.229. The molecule has 1 aromatic heterocycles. The minimum Gasteiger partial charge on any atom is -0.504 e. The van der Waals surface area contributed by atoms with Crippen molar-refractivity contribution in [3.63, 3.8) is 0 Å². The van der Waals surface area contributed by atoms with Gasteiger partial charge < -0.3 is 9.84 Å². The molecule has 7 nitrogen and oxygen atoms in total. The Morgan fingerprint density at radius 3 is 2.89 bits per heavy atom. The van der Waals surface area contributed by atoms with E-state index in [0.717, 1.165) is 17.0 Å². The number of amidine groups is 1. The molecule has 0 spiro atoms.